The number of aryl methyl sites for hydroxylation is 1. The fraction of sp³-hybridized carbons (Fsp3) is 0.545. The highest BCUT2D eigenvalue weighted by atomic mass is 79.9. The fourth-order valence-corrected chi connectivity index (χ4v) is 1.42. The Morgan fingerprint density at radius 1 is 1.67 bits per heavy atom. The number of nitrogens with one attached hydrogen (secondary N) is 1. The van der Waals surface area contributed by atoms with Crippen molar-refractivity contribution in [2.45, 2.75) is 31.0 Å². The van der Waals surface area contributed by atoms with Crippen LogP contribution in [0.4, 0.5) is 0 Å². The molecule has 1 atom stereocenters. The van der Waals surface area contributed by atoms with Gasteiger partial charge in [0.25, 0.3) is 0 Å². The molecule has 1 aromatic heterocycles. The van der Waals surface area contributed by atoms with Crippen LogP contribution >= 0.6 is 15.9 Å². The van der Waals surface area contributed by atoms with Gasteiger partial charge in [-0.1, -0.05) is 22.9 Å². The average Bonchev–Trinajstić information content (AvgIpc) is 2.66. The van der Waals surface area contributed by atoms with Gasteiger partial charge in [0.15, 0.2) is 0 Å². The second kappa shape index (κ2) is 6.67. The minimum absolute atomic E-state index is 0.0829. The van der Waals surface area contributed by atoms with Crippen LogP contribution < -0.4 is 5.32 Å². The third-order valence-corrected chi connectivity index (χ3v) is 2.50. The monoisotopic (exact) mass is 273 g/mol. The quantitative estimate of drug-likeness (QED) is 0.810. The first kappa shape index (κ1) is 12.3. The Hall–Kier alpha value is -0.770. The fourth-order valence-electron chi connectivity index (χ4n) is 1.19. The van der Waals surface area contributed by atoms with Gasteiger partial charge in [0.05, 0.1) is 6.26 Å². The highest BCUT2D eigenvalue weighted by Gasteiger charge is 2.03. The van der Waals surface area contributed by atoms with Crippen molar-refractivity contribution in [3.8, 4) is 0 Å². The molecule has 1 rings (SSSR count). The highest BCUT2D eigenvalue weighted by molar-refractivity contribution is 9.09. The van der Waals surface area contributed by atoms with E-state index in [0.717, 1.165) is 18.7 Å². The van der Waals surface area contributed by atoms with Crippen molar-refractivity contribution in [3.05, 3.63) is 24.2 Å². The first-order chi connectivity index (χ1) is 7.18. The molecule has 1 aromatic rings. The number of carbonyl (C=O) groups excluding carboxylic acids is 1. The van der Waals surface area contributed by atoms with E-state index in [4.69, 9.17) is 4.42 Å². The second-order valence-electron chi connectivity index (χ2n) is 3.50. The van der Waals surface area contributed by atoms with Crippen molar-refractivity contribution in [3.63, 3.8) is 0 Å². The predicted molar refractivity (Wildman–Crippen MR) is 63.0 cm³/mol. The van der Waals surface area contributed by atoms with Crippen LogP contribution in [0.25, 0.3) is 0 Å². The van der Waals surface area contributed by atoms with Gasteiger partial charge in [-0.05, 0) is 18.6 Å². The molecule has 0 aliphatic carbocycles. The van der Waals surface area contributed by atoms with Crippen molar-refractivity contribution < 1.29 is 9.21 Å². The number of rotatable bonds is 6. The molecule has 0 radical (unpaired) electrons. The van der Waals surface area contributed by atoms with Gasteiger partial charge in [-0.25, -0.2) is 0 Å². The van der Waals surface area contributed by atoms with Crippen molar-refractivity contribution in [1.82, 2.24) is 5.32 Å². The molecular weight excluding hydrogens is 258 g/mol. The van der Waals surface area contributed by atoms with Gasteiger partial charge in [-0.15, -0.1) is 0 Å². The molecule has 0 aromatic carbocycles. The topological polar surface area (TPSA) is 42.2 Å². The van der Waals surface area contributed by atoms with E-state index in [1.165, 1.54) is 0 Å². The molecule has 0 bridgehead atoms. The summed E-state index contributed by atoms with van der Waals surface area (Å²) >= 11 is 3.43. The van der Waals surface area contributed by atoms with Crippen LogP contribution in [0.15, 0.2) is 22.8 Å². The van der Waals surface area contributed by atoms with Crippen LogP contribution in [0.2, 0.25) is 0 Å². The molecule has 0 aliphatic rings. The summed E-state index contributed by atoms with van der Waals surface area (Å²) in [6.45, 7) is 2.79. The molecule has 1 amide bonds. The maximum absolute atomic E-state index is 11.4. The van der Waals surface area contributed by atoms with Crippen molar-refractivity contribution in [2.24, 2.45) is 0 Å². The van der Waals surface area contributed by atoms with Crippen molar-refractivity contribution in [2.75, 3.05) is 6.54 Å². The summed E-state index contributed by atoms with van der Waals surface area (Å²) in [5.74, 6) is 0.943. The maximum Gasteiger partial charge on any atom is 0.220 e. The number of hydrogen-bond donors (Lipinski definition) is 1. The molecule has 1 heterocycles. The number of carbonyl (C=O) groups is 1. The van der Waals surface area contributed by atoms with Gasteiger partial charge in [0.2, 0.25) is 5.91 Å². The van der Waals surface area contributed by atoms with E-state index in [0.29, 0.717) is 17.7 Å². The van der Waals surface area contributed by atoms with E-state index in [2.05, 4.69) is 28.2 Å². The van der Waals surface area contributed by atoms with Crippen LogP contribution in [0.3, 0.4) is 0 Å². The lowest BCUT2D eigenvalue weighted by Crippen LogP contribution is -2.25. The van der Waals surface area contributed by atoms with Gasteiger partial charge in [0.1, 0.15) is 5.76 Å². The van der Waals surface area contributed by atoms with Crippen molar-refractivity contribution >= 4 is 21.8 Å². The third-order valence-electron chi connectivity index (χ3n) is 2.04. The van der Waals surface area contributed by atoms with Crippen LogP contribution in [0.1, 0.15) is 25.5 Å². The first-order valence-corrected chi connectivity index (χ1v) is 6.03. The van der Waals surface area contributed by atoms with Gasteiger partial charge < -0.3 is 9.73 Å². The van der Waals surface area contributed by atoms with E-state index in [9.17, 15) is 4.79 Å². The minimum atomic E-state index is 0.0829. The Balaban J connectivity index is 2.09. The zero-order valence-electron chi connectivity index (χ0n) is 8.83. The smallest absolute Gasteiger partial charge is 0.220 e. The Labute approximate surface area is 98.4 Å². The van der Waals surface area contributed by atoms with Gasteiger partial charge >= 0.3 is 0 Å². The molecule has 15 heavy (non-hydrogen) atoms. The first-order valence-electron chi connectivity index (χ1n) is 5.11. The van der Waals surface area contributed by atoms with Crippen LogP contribution in [0.5, 0.6) is 0 Å². The standard InChI is InChI=1S/C11H16BrNO2/c1-9(12)6-7-13-11(14)5-4-10-3-2-8-15-10/h2-3,8-9H,4-7H2,1H3,(H,13,14). The Morgan fingerprint density at radius 3 is 3.07 bits per heavy atom. The number of hydrogen-bond acceptors (Lipinski definition) is 2. The zero-order chi connectivity index (χ0) is 11.1. The molecule has 0 saturated heterocycles. The molecule has 0 spiro atoms. The van der Waals surface area contributed by atoms with E-state index in [1.54, 1.807) is 6.26 Å². The summed E-state index contributed by atoms with van der Waals surface area (Å²) < 4.78 is 5.14. The van der Waals surface area contributed by atoms with Gasteiger partial charge in [0, 0.05) is 24.2 Å². The predicted octanol–water partition coefficient (Wildman–Crippen LogP) is 2.50. The summed E-state index contributed by atoms with van der Waals surface area (Å²) in [5, 5.41) is 2.87. The molecule has 0 fully saturated rings. The largest absolute Gasteiger partial charge is 0.469 e. The van der Waals surface area contributed by atoms with Crippen LogP contribution in [-0.2, 0) is 11.2 Å². The third kappa shape index (κ3) is 5.62. The SMILES string of the molecule is CC(Br)CCNC(=O)CCc1ccco1. The molecule has 84 valence electrons. The molecule has 4 heteroatoms. The molecule has 1 N–H and O–H groups in total. The number of amides is 1. The summed E-state index contributed by atoms with van der Waals surface area (Å²) in [6.07, 6.45) is 3.74. The van der Waals surface area contributed by atoms with Crippen molar-refractivity contribution in [1.29, 1.82) is 0 Å². The number of halogens is 1. The molecule has 0 saturated carbocycles. The molecule has 1 unspecified atom stereocenters. The Kier molecular flexibility index (Phi) is 5.47. The summed E-state index contributed by atoms with van der Waals surface area (Å²) in [7, 11) is 0. The minimum Gasteiger partial charge on any atom is -0.469 e. The summed E-state index contributed by atoms with van der Waals surface area (Å²) in [4.78, 5) is 11.8. The Bertz CT molecular complexity index is 283. The lowest BCUT2D eigenvalue weighted by atomic mass is 10.2. The van der Waals surface area contributed by atoms with E-state index >= 15 is 0 Å². The number of furan rings is 1. The molecule has 3 nitrogen and oxygen atoms in total. The average molecular weight is 274 g/mol. The lowest BCUT2D eigenvalue weighted by Gasteiger charge is -2.05. The van der Waals surface area contributed by atoms with E-state index < -0.39 is 0 Å². The summed E-state index contributed by atoms with van der Waals surface area (Å²) in [5.41, 5.74) is 0. The zero-order valence-corrected chi connectivity index (χ0v) is 10.4. The second-order valence-corrected chi connectivity index (χ2v) is 5.06. The van der Waals surface area contributed by atoms with Gasteiger partial charge in [-0.3, -0.25) is 4.79 Å². The number of alkyl halides is 1. The van der Waals surface area contributed by atoms with Gasteiger partial charge in [-0.2, -0.15) is 0 Å². The van der Waals surface area contributed by atoms with Crippen LogP contribution in [0, 0.1) is 0 Å². The summed E-state index contributed by atoms with van der Waals surface area (Å²) in [6, 6.07) is 3.72. The normalized spacial score (nSPS) is 12.4. The lowest BCUT2D eigenvalue weighted by molar-refractivity contribution is -0.121. The highest BCUT2D eigenvalue weighted by Crippen LogP contribution is 2.04. The molecule has 0 aliphatic heterocycles. The molecular formula is C11H16BrNO2. The van der Waals surface area contributed by atoms with E-state index in [-0.39, 0.29) is 5.91 Å². The van der Waals surface area contributed by atoms with Crippen LogP contribution in [-0.4, -0.2) is 17.3 Å². The Morgan fingerprint density at radius 2 is 2.47 bits per heavy atom. The maximum atomic E-state index is 11.4. The van der Waals surface area contributed by atoms with E-state index in [1.807, 2.05) is 12.1 Å².